The fourth-order valence-electron chi connectivity index (χ4n) is 1.44. The number of hydrogen-bond donors (Lipinski definition) is 5. The minimum Gasteiger partial charge on any atom is -0.662 e. The second-order valence-corrected chi connectivity index (χ2v) is 4.49. The van der Waals surface area contributed by atoms with Gasteiger partial charge in [0.1, 0.15) is 0 Å². The summed E-state index contributed by atoms with van der Waals surface area (Å²) in [6, 6.07) is 15.3. The van der Waals surface area contributed by atoms with E-state index >= 15 is 0 Å². The topological polar surface area (TPSA) is 387 Å². The number of benzene rings is 2. The molecule has 0 bridgehead atoms. The first kappa shape index (κ1) is 72.4. The molecule has 0 spiro atoms. The second kappa shape index (κ2) is 71.9. The molecule has 24 heteroatoms. The molecule has 22 nitrogen and oxygen atoms in total. The van der Waals surface area contributed by atoms with Crippen molar-refractivity contribution in [1.82, 2.24) is 0 Å². The van der Waals surface area contributed by atoms with Crippen molar-refractivity contribution in [2.75, 3.05) is 11.5 Å². The number of para-hydroxylation sites is 2. The molecular formula is C20H38N6Na2O16. The molecule has 246 valence electrons. The number of nitrogen functional groups attached to an aromatic ring is 2. The summed E-state index contributed by atoms with van der Waals surface area (Å²) in [6.07, 6.45) is 0.250. The van der Waals surface area contributed by atoms with Crippen LogP contribution in [0, 0.1) is 15.0 Å². The predicted molar refractivity (Wildman–Crippen MR) is 146 cm³/mol. The summed E-state index contributed by atoms with van der Waals surface area (Å²) in [4.78, 5) is 66.7. The number of nitrogens with two attached hydrogens (primary N) is 2. The Kier molecular flexibility index (Phi) is 118. The van der Waals surface area contributed by atoms with Crippen molar-refractivity contribution in [3.05, 3.63) is 69.1 Å². The Balaban J connectivity index is -0.0000000250. The summed E-state index contributed by atoms with van der Waals surface area (Å²) < 4.78 is 0. The molecule has 1 aliphatic heterocycles. The molecule has 0 saturated heterocycles. The first-order chi connectivity index (χ1) is 18.3. The number of azo groups is 1. The number of carbonyl (C=O) groups is 3. The van der Waals surface area contributed by atoms with E-state index in [1.165, 1.54) is 10.9 Å². The van der Waals surface area contributed by atoms with Crippen LogP contribution in [0.1, 0.15) is 30.7 Å². The maximum absolute atomic E-state index is 8.70. The van der Waals surface area contributed by atoms with Gasteiger partial charge < -0.3 is 52.2 Å². The van der Waals surface area contributed by atoms with Gasteiger partial charge in [-0.25, -0.2) is 10.5 Å². The molecule has 0 atom stereocenters. The van der Waals surface area contributed by atoms with Gasteiger partial charge in [-0.1, -0.05) is 52.6 Å². The van der Waals surface area contributed by atoms with E-state index in [2.05, 4.69) is 31.0 Å². The van der Waals surface area contributed by atoms with Crippen LogP contribution in [0.25, 0.3) is 0 Å². The Bertz CT molecular complexity index is 893. The van der Waals surface area contributed by atoms with Gasteiger partial charge in [0.15, 0.2) is 5.34 Å². The molecule has 2 aromatic rings. The zero-order valence-electron chi connectivity index (χ0n) is 21.2. The molecule has 1 aliphatic rings. The van der Waals surface area contributed by atoms with E-state index in [4.69, 9.17) is 71.4 Å². The number of anilines is 2. The molecule has 0 saturated carbocycles. The molecule has 0 fully saturated rings. The van der Waals surface area contributed by atoms with Gasteiger partial charge in [0.25, 0.3) is 6.47 Å². The first-order valence-corrected chi connectivity index (χ1v) is 8.43. The van der Waals surface area contributed by atoms with Crippen LogP contribution in [-0.2, 0) is 45.2 Å². The summed E-state index contributed by atoms with van der Waals surface area (Å²) in [5.74, 6) is 0. The van der Waals surface area contributed by atoms with Crippen LogP contribution >= 0.6 is 0 Å². The fraction of sp³-hybridized carbons (Fsp3) is 0.200. The number of hydrogen-bond acceptors (Lipinski definition) is 20. The largest absolute Gasteiger partial charge is 1.00 e. The van der Waals surface area contributed by atoms with Gasteiger partial charge in [0.2, 0.25) is 0 Å². The van der Waals surface area contributed by atoms with Crippen LogP contribution in [0.3, 0.4) is 0 Å². The fourth-order valence-corrected chi connectivity index (χ4v) is 1.44. The van der Waals surface area contributed by atoms with Gasteiger partial charge in [0, 0.05) is 8.42 Å². The summed E-state index contributed by atoms with van der Waals surface area (Å²) in [6.45, 7) is 0.441. The summed E-state index contributed by atoms with van der Waals surface area (Å²) >= 11 is 0. The minimum absolute atomic E-state index is 0. The van der Waals surface area contributed by atoms with Gasteiger partial charge in [0.05, 0.1) is 23.6 Å². The molecule has 2 aromatic carbocycles. The molecule has 1 heterocycles. The Morgan fingerprint density at radius 1 is 0.864 bits per heavy atom. The van der Waals surface area contributed by atoms with Crippen molar-refractivity contribution in [1.29, 1.82) is 0 Å². The molecule has 0 unspecified atom stereocenters. The third kappa shape index (κ3) is 71.4. The number of fused-ring (bicyclic) bond motifs is 1. The third-order valence-corrected chi connectivity index (χ3v) is 2.53. The van der Waals surface area contributed by atoms with Crippen LogP contribution in [0.5, 0.6) is 0 Å². The van der Waals surface area contributed by atoms with Gasteiger partial charge in [-0.15, -0.1) is 10.2 Å². The van der Waals surface area contributed by atoms with Crippen molar-refractivity contribution in [3.8, 4) is 0 Å². The van der Waals surface area contributed by atoms with E-state index in [9.17, 15) is 0 Å². The van der Waals surface area contributed by atoms with E-state index in [1.54, 1.807) is 12.1 Å². The molecule has 0 amide bonds. The standard InChI is InChI=1S/C7H6N2.C6H8N2.3CH2O3.CO2.3CH4.2HNO2.2Na.H2O.2H2/c1-2-4-7-6(3-1)5-8-9-7;7-5-3-1-2-4-6(5)8;3*2-1-4-3;2-1-3;;;;2*2-1-3;;;;;/h1-4H,5H2;1-4H,7-8H2;3*1,3H;;3*1H4;2*(H,2,3);;;1H2;2*1H/q;;;;;;;;;;;2*+1;;;/p-2. The minimum atomic E-state index is -0.181. The Morgan fingerprint density at radius 3 is 1.36 bits per heavy atom. The molecule has 0 radical (unpaired) electrons. The van der Waals surface area contributed by atoms with Crippen molar-refractivity contribution in [3.63, 3.8) is 0 Å². The maximum Gasteiger partial charge on any atom is 1.00 e. The van der Waals surface area contributed by atoms with Gasteiger partial charge in [-0.2, -0.15) is 19.8 Å². The van der Waals surface area contributed by atoms with Crippen LogP contribution in [-0.4, -0.2) is 46.8 Å². The van der Waals surface area contributed by atoms with Crippen molar-refractivity contribution in [2.45, 2.75) is 28.8 Å². The molecule has 44 heavy (non-hydrogen) atoms. The van der Waals surface area contributed by atoms with E-state index < -0.39 is 0 Å². The summed E-state index contributed by atoms with van der Waals surface area (Å²) in [5, 5.41) is 47.1. The Hall–Kier alpha value is -3.93. The molecule has 3 rings (SSSR count). The molecule has 0 aliphatic carbocycles. The molecule has 0 aromatic heterocycles. The van der Waals surface area contributed by atoms with E-state index in [0.29, 0.717) is 11.4 Å². The average Bonchev–Trinajstić information content (AvgIpc) is 3.42. The van der Waals surface area contributed by atoms with E-state index in [0.717, 1.165) is 17.6 Å². The van der Waals surface area contributed by atoms with Gasteiger partial charge >= 0.3 is 78.2 Å². The third-order valence-electron chi connectivity index (χ3n) is 2.53. The van der Waals surface area contributed by atoms with Crippen LogP contribution < -0.4 is 75.8 Å². The zero-order valence-corrected chi connectivity index (χ0v) is 25.2. The van der Waals surface area contributed by atoms with Crippen LogP contribution in [0.2, 0.25) is 0 Å². The van der Waals surface area contributed by atoms with E-state index in [-0.39, 0.29) is 115 Å². The quantitative estimate of drug-likeness (QED) is 0.0524. The smallest absolute Gasteiger partial charge is 0.662 e. The zero-order chi connectivity index (χ0) is 30.5. The van der Waals surface area contributed by atoms with Crippen molar-refractivity contribution in [2.24, 2.45) is 20.9 Å². The normalized spacial score (nSPS) is 6.61. The summed E-state index contributed by atoms with van der Waals surface area (Å²) in [5.41, 5.74) is 14.3. The number of carbonyl (C=O) groups excluding carboxylic acids is 5. The SMILES string of the molecule is C.C.C.Nc1ccccc1N.O.O=C=O.O=COO.O=COO.O=CO[O-].O=NO.O=N[O-].[HH].[HH].[Na+].[Na+].c1ccc2c(c1)CN=N2. The average molecular weight is 665 g/mol. The monoisotopic (exact) mass is 664 g/mol. The number of rotatable bonds is 3. The van der Waals surface area contributed by atoms with Gasteiger partial charge in [-0.3, -0.25) is 14.4 Å². The maximum atomic E-state index is 8.70. The van der Waals surface area contributed by atoms with Crippen LogP contribution in [0.15, 0.2) is 69.4 Å². The Labute approximate surface area is 298 Å². The van der Waals surface area contributed by atoms with Crippen molar-refractivity contribution >= 4 is 42.6 Å². The van der Waals surface area contributed by atoms with Crippen molar-refractivity contribution < 1.29 is 127 Å². The number of nitrogens with zero attached hydrogens (tertiary/aromatic N) is 4. The summed E-state index contributed by atoms with van der Waals surface area (Å²) in [7, 11) is 0. The van der Waals surface area contributed by atoms with Crippen LogP contribution in [0.4, 0.5) is 17.1 Å². The Morgan fingerprint density at radius 2 is 1.14 bits per heavy atom. The second-order valence-electron chi connectivity index (χ2n) is 4.49. The van der Waals surface area contributed by atoms with Gasteiger partial charge in [-0.05, 0) is 18.2 Å². The molecular weight excluding hydrogens is 626 g/mol. The molecule has 9 N–H and O–H groups in total. The predicted octanol–water partition coefficient (Wildman–Crippen LogP) is -3.77. The van der Waals surface area contributed by atoms with E-state index in [1.807, 2.05) is 30.3 Å². The first-order valence-electron chi connectivity index (χ1n) is 8.43.